The molecule has 0 bridgehead atoms. The second kappa shape index (κ2) is 5.77. The number of aromatic nitrogens is 2. The average molecular weight is 271 g/mol. The van der Waals surface area contributed by atoms with Crippen molar-refractivity contribution in [3.8, 4) is 0 Å². The number of amides is 1. The van der Waals surface area contributed by atoms with E-state index in [9.17, 15) is 4.79 Å². The van der Waals surface area contributed by atoms with E-state index >= 15 is 0 Å². The smallest absolute Gasteiger partial charge is 0.410 e. The van der Waals surface area contributed by atoms with Crippen LogP contribution in [0.5, 0.6) is 0 Å². The Bertz CT molecular complexity index is 554. The van der Waals surface area contributed by atoms with E-state index in [1.807, 2.05) is 41.1 Å². The molecule has 0 radical (unpaired) electrons. The maximum absolute atomic E-state index is 12.0. The van der Waals surface area contributed by atoms with Gasteiger partial charge >= 0.3 is 6.09 Å². The summed E-state index contributed by atoms with van der Waals surface area (Å²) in [7, 11) is 0. The third-order valence-electron chi connectivity index (χ3n) is 3.57. The van der Waals surface area contributed by atoms with E-state index in [4.69, 9.17) is 4.74 Å². The molecule has 1 aliphatic heterocycles. The number of ether oxygens (including phenoxy) is 1. The van der Waals surface area contributed by atoms with E-state index in [1.54, 1.807) is 17.4 Å². The van der Waals surface area contributed by atoms with Crippen LogP contribution in [0.2, 0.25) is 0 Å². The first-order valence-electron chi connectivity index (χ1n) is 6.76. The van der Waals surface area contributed by atoms with Crippen LogP contribution in [0, 0.1) is 0 Å². The zero-order valence-electron chi connectivity index (χ0n) is 11.2. The van der Waals surface area contributed by atoms with Crippen molar-refractivity contribution < 1.29 is 9.53 Å². The normalized spacial score (nSPS) is 18.2. The maximum Gasteiger partial charge on any atom is 0.410 e. The summed E-state index contributed by atoms with van der Waals surface area (Å²) in [6, 6.07) is 10.0. The second-order valence-corrected chi connectivity index (χ2v) is 4.94. The van der Waals surface area contributed by atoms with Crippen molar-refractivity contribution in [2.45, 2.75) is 19.1 Å². The van der Waals surface area contributed by atoms with Crippen LogP contribution in [-0.2, 0) is 11.3 Å². The van der Waals surface area contributed by atoms with E-state index < -0.39 is 0 Å². The van der Waals surface area contributed by atoms with Crippen LogP contribution in [0.4, 0.5) is 4.79 Å². The van der Waals surface area contributed by atoms with E-state index in [-0.39, 0.29) is 6.09 Å². The van der Waals surface area contributed by atoms with Gasteiger partial charge in [0.15, 0.2) is 0 Å². The SMILES string of the molecule is O=C(OCc1ccccc1)N1CC[C@H](n2ccnc2)C1. The molecule has 0 spiro atoms. The summed E-state index contributed by atoms with van der Waals surface area (Å²) < 4.78 is 7.39. The van der Waals surface area contributed by atoms with Crippen LogP contribution in [0.15, 0.2) is 49.1 Å². The number of hydrogen-bond donors (Lipinski definition) is 0. The molecule has 1 aromatic heterocycles. The zero-order chi connectivity index (χ0) is 13.8. The fourth-order valence-corrected chi connectivity index (χ4v) is 2.45. The maximum atomic E-state index is 12.0. The minimum atomic E-state index is -0.239. The highest BCUT2D eigenvalue weighted by atomic mass is 16.6. The predicted molar refractivity (Wildman–Crippen MR) is 74.1 cm³/mol. The Morgan fingerprint density at radius 2 is 2.20 bits per heavy atom. The number of likely N-dealkylation sites (tertiary alicyclic amines) is 1. The van der Waals surface area contributed by atoms with Crippen LogP contribution in [0.3, 0.4) is 0 Å². The molecule has 1 saturated heterocycles. The molecular weight excluding hydrogens is 254 g/mol. The number of carbonyl (C=O) groups is 1. The summed E-state index contributed by atoms with van der Waals surface area (Å²) in [4.78, 5) is 17.8. The molecule has 0 unspecified atom stereocenters. The van der Waals surface area contributed by atoms with Crippen LogP contribution in [0.1, 0.15) is 18.0 Å². The topological polar surface area (TPSA) is 47.4 Å². The summed E-state index contributed by atoms with van der Waals surface area (Å²) >= 11 is 0. The van der Waals surface area contributed by atoms with Crippen LogP contribution < -0.4 is 0 Å². The van der Waals surface area contributed by atoms with Gasteiger partial charge < -0.3 is 14.2 Å². The van der Waals surface area contributed by atoms with Crippen molar-refractivity contribution in [3.63, 3.8) is 0 Å². The van der Waals surface area contributed by atoms with Gasteiger partial charge in [0.1, 0.15) is 6.61 Å². The molecule has 2 heterocycles. The lowest BCUT2D eigenvalue weighted by molar-refractivity contribution is 0.103. The zero-order valence-corrected chi connectivity index (χ0v) is 11.2. The lowest BCUT2D eigenvalue weighted by atomic mass is 10.2. The molecule has 0 saturated carbocycles. The molecular formula is C15H17N3O2. The predicted octanol–water partition coefficient (Wildman–Crippen LogP) is 2.47. The first kappa shape index (κ1) is 12.7. The minimum absolute atomic E-state index is 0.239. The monoisotopic (exact) mass is 271 g/mol. The van der Waals surface area contributed by atoms with Crippen LogP contribution >= 0.6 is 0 Å². The summed E-state index contributed by atoms with van der Waals surface area (Å²) in [5.41, 5.74) is 1.01. The van der Waals surface area contributed by atoms with Crippen molar-refractivity contribution in [1.29, 1.82) is 0 Å². The first-order chi connectivity index (χ1) is 9.83. The van der Waals surface area contributed by atoms with Gasteiger partial charge in [-0.05, 0) is 12.0 Å². The van der Waals surface area contributed by atoms with E-state index in [0.29, 0.717) is 19.2 Å². The molecule has 3 rings (SSSR count). The fraction of sp³-hybridized carbons (Fsp3) is 0.333. The van der Waals surface area contributed by atoms with Gasteiger partial charge in [0.2, 0.25) is 0 Å². The van der Waals surface area contributed by atoms with Crippen molar-refractivity contribution in [3.05, 3.63) is 54.6 Å². The third-order valence-corrected chi connectivity index (χ3v) is 3.57. The third kappa shape index (κ3) is 2.82. The van der Waals surface area contributed by atoms with Gasteiger partial charge in [-0.15, -0.1) is 0 Å². The van der Waals surface area contributed by atoms with Crippen molar-refractivity contribution in [2.75, 3.05) is 13.1 Å². The van der Waals surface area contributed by atoms with Gasteiger partial charge in [0, 0.05) is 25.5 Å². The number of hydrogen-bond acceptors (Lipinski definition) is 3. The standard InChI is InChI=1S/C15H17N3O2/c19-15(20-11-13-4-2-1-3-5-13)17-8-6-14(10-17)18-9-7-16-12-18/h1-5,7,9,12,14H,6,8,10-11H2/t14-/m0/s1. The summed E-state index contributed by atoms with van der Waals surface area (Å²) in [5, 5.41) is 0. The van der Waals surface area contributed by atoms with Gasteiger partial charge in [-0.25, -0.2) is 9.78 Å². The van der Waals surface area contributed by atoms with Crippen molar-refractivity contribution in [1.82, 2.24) is 14.5 Å². The van der Waals surface area contributed by atoms with Crippen LogP contribution in [0.25, 0.3) is 0 Å². The van der Waals surface area contributed by atoms with Crippen LogP contribution in [-0.4, -0.2) is 33.6 Å². The highest BCUT2D eigenvalue weighted by molar-refractivity contribution is 5.68. The highest BCUT2D eigenvalue weighted by Crippen LogP contribution is 2.21. The quantitative estimate of drug-likeness (QED) is 0.861. The number of imidazole rings is 1. The van der Waals surface area contributed by atoms with Gasteiger partial charge in [0.05, 0.1) is 12.4 Å². The summed E-state index contributed by atoms with van der Waals surface area (Å²) in [6.07, 6.45) is 6.19. The number of rotatable bonds is 3. The Morgan fingerprint density at radius 1 is 1.35 bits per heavy atom. The Morgan fingerprint density at radius 3 is 2.95 bits per heavy atom. The molecule has 20 heavy (non-hydrogen) atoms. The molecule has 1 aromatic carbocycles. The van der Waals surface area contributed by atoms with Crippen molar-refractivity contribution in [2.24, 2.45) is 0 Å². The lowest BCUT2D eigenvalue weighted by Crippen LogP contribution is -2.29. The number of benzene rings is 1. The number of carbonyl (C=O) groups excluding carboxylic acids is 1. The van der Waals surface area contributed by atoms with Crippen molar-refractivity contribution >= 4 is 6.09 Å². The number of nitrogens with zero attached hydrogens (tertiary/aromatic N) is 3. The average Bonchev–Trinajstić information content (AvgIpc) is 3.16. The molecule has 1 aliphatic rings. The molecule has 0 aliphatic carbocycles. The van der Waals surface area contributed by atoms with E-state index in [1.165, 1.54) is 0 Å². The Balaban J connectivity index is 1.51. The summed E-state index contributed by atoms with van der Waals surface area (Å²) in [5.74, 6) is 0. The van der Waals surface area contributed by atoms with Gasteiger partial charge in [-0.1, -0.05) is 30.3 Å². The molecule has 104 valence electrons. The Hall–Kier alpha value is -2.30. The van der Waals surface area contributed by atoms with E-state index in [2.05, 4.69) is 4.98 Å². The molecule has 2 aromatic rings. The Labute approximate surface area is 117 Å². The molecule has 5 heteroatoms. The first-order valence-corrected chi connectivity index (χ1v) is 6.76. The largest absolute Gasteiger partial charge is 0.445 e. The Kier molecular flexibility index (Phi) is 3.67. The molecule has 1 fully saturated rings. The summed E-state index contributed by atoms with van der Waals surface area (Å²) in [6.45, 7) is 1.74. The molecule has 1 amide bonds. The second-order valence-electron chi connectivity index (χ2n) is 4.94. The molecule has 1 atom stereocenters. The van der Waals surface area contributed by atoms with Gasteiger partial charge in [0.25, 0.3) is 0 Å². The highest BCUT2D eigenvalue weighted by Gasteiger charge is 2.27. The minimum Gasteiger partial charge on any atom is -0.445 e. The van der Waals surface area contributed by atoms with E-state index in [0.717, 1.165) is 18.5 Å². The van der Waals surface area contributed by atoms with Gasteiger partial charge in [-0.3, -0.25) is 0 Å². The van der Waals surface area contributed by atoms with Gasteiger partial charge in [-0.2, -0.15) is 0 Å². The lowest BCUT2D eigenvalue weighted by Gasteiger charge is -2.16. The molecule has 0 N–H and O–H groups in total. The fourth-order valence-electron chi connectivity index (χ4n) is 2.45. The molecule has 5 nitrogen and oxygen atoms in total.